The van der Waals surface area contributed by atoms with Gasteiger partial charge in [-0.05, 0) is 53.4 Å². The fourth-order valence-electron chi connectivity index (χ4n) is 1.27. The Morgan fingerprint density at radius 2 is 2.16 bits per heavy atom. The molecule has 0 aliphatic heterocycles. The van der Waals surface area contributed by atoms with Gasteiger partial charge in [-0.2, -0.15) is 18.4 Å². The number of benzene rings is 1. The molecule has 102 valence electrons. The lowest BCUT2D eigenvalue weighted by Crippen LogP contribution is -2.09. The maximum atomic E-state index is 12.4. The van der Waals surface area contributed by atoms with E-state index in [9.17, 15) is 18.0 Å². The maximum absolute atomic E-state index is 12.4. The molecule has 0 aromatic heterocycles. The molecule has 0 bridgehead atoms. The molecule has 0 unspecified atom stereocenters. The average Bonchev–Trinajstić information content (AvgIpc) is 2.26. The lowest BCUT2D eigenvalue weighted by Gasteiger charge is -2.11. The lowest BCUT2D eigenvalue weighted by molar-refractivity contribution is -0.0328. The first kappa shape index (κ1) is 16.1. The van der Waals surface area contributed by atoms with Gasteiger partial charge in [-0.15, -0.1) is 0 Å². The summed E-state index contributed by atoms with van der Waals surface area (Å²) in [7, 11) is 0. The number of halogens is 4. The van der Waals surface area contributed by atoms with Crippen LogP contribution in [0.3, 0.4) is 0 Å². The number of hydrogen-bond acceptors (Lipinski definition) is 4. The third kappa shape index (κ3) is 4.58. The van der Waals surface area contributed by atoms with Crippen LogP contribution in [0.25, 0.3) is 0 Å². The molecule has 1 rings (SSSR count). The van der Waals surface area contributed by atoms with E-state index in [-0.39, 0.29) is 22.6 Å². The minimum atomic E-state index is -4.53. The highest BCUT2D eigenvalue weighted by Crippen LogP contribution is 2.40. The van der Waals surface area contributed by atoms with E-state index in [0.29, 0.717) is 3.57 Å². The molecule has 1 aromatic carbocycles. The first-order valence-electron chi connectivity index (χ1n) is 4.95. The molecule has 0 aliphatic carbocycles. The Kier molecular flexibility index (Phi) is 5.49. The highest BCUT2D eigenvalue weighted by atomic mass is 127. The van der Waals surface area contributed by atoms with Crippen molar-refractivity contribution in [2.45, 2.75) is 17.3 Å². The van der Waals surface area contributed by atoms with Crippen LogP contribution in [0.1, 0.15) is 22.8 Å². The Morgan fingerprint density at radius 1 is 1.53 bits per heavy atom. The van der Waals surface area contributed by atoms with Crippen LogP contribution in [0.2, 0.25) is 0 Å². The van der Waals surface area contributed by atoms with Crippen molar-refractivity contribution in [3.8, 4) is 6.07 Å². The van der Waals surface area contributed by atoms with Crippen molar-refractivity contribution in [3.05, 3.63) is 26.8 Å². The normalized spacial score (nSPS) is 10.9. The van der Waals surface area contributed by atoms with Crippen LogP contribution >= 0.6 is 34.4 Å². The van der Waals surface area contributed by atoms with E-state index in [4.69, 9.17) is 10.00 Å². The molecule has 0 atom stereocenters. The molecule has 3 nitrogen and oxygen atoms in total. The third-order valence-electron chi connectivity index (χ3n) is 1.90. The molecule has 19 heavy (non-hydrogen) atoms. The minimum absolute atomic E-state index is 0.0803. The number of ether oxygens (including phenoxy) is 1. The van der Waals surface area contributed by atoms with Crippen molar-refractivity contribution in [1.29, 1.82) is 5.26 Å². The summed E-state index contributed by atoms with van der Waals surface area (Å²) in [5, 5.41) is 8.96. The summed E-state index contributed by atoms with van der Waals surface area (Å²) in [5.74, 6) is -0.804. The Bertz CT molecular complexity index is 540. The summed E-state index contributed by atoms with van der Waals surface area (Å²) in [6.07, 6.45) is 0. The number of alkyl halides is 3. The van der Waals surface area contributed by atoms with Gasteiger partial charge in [0.2, 0.25) is 0 Å². The number of nitriles is 1. The maximum Gasteiger partial charge on any atom is 0.446 e. The number of carbonyl (C=O) groups excluding carboxylic acids is 1. The summed E-state index contributed by atoms with van der Waals surface area (Å²) in [6.45, 7) is 1.65. The van der Waals surface area contributed by atoms with Crippen LogP contribution in [-0.2, 0) is 4.74 Å². The molecule has 0 amide bonds. The zero-order valence-electron chi connectivity index (χ0n) is 9.55. The molecule has 0 saturated heterocycles. The number of carbonyl (C=O) groups is 1. The molecule has 8 heteroatoms. The van der Waals surface area contributed by atoms with Crippen molar-refractivity contribution >= 4 is 40.3 Å². The zero-order valence-corrected chi connectivity index (χ0v) is 12.5. The van der Waals surface area contributed by atoms with E-state index in [1.165, 1.54) is 12.1 Å². The van der Waals surface area contributed by atoms with Crippen molar-refractivity contribution in [3.63, 3.8) is 0 Å². The first-order valence-corrected chi connectivity index (χ1v) is 6.84. The average molecular weight is 401 g/mol. The number of hydrogen-bond donors (Lipinski definition) is 0. The largest absolute Gasteiger partial charge is 0.462 e. The summed E-state index contributed by atoms with van der Waals surface area (Å²) in [5.41, 5.74) is -4.99. The first-order chi connectivity index (χ1) is 8.78. The second-order valence-corrected chi connectivity index (χ2v) is 5.56. The van der Waals surface area contributed by atoms with Gasteiger partial charge in [-0.3, -0.25) is 0 Å². The summed E-state index contributed by atoms with van der Waals surface area (Å²) in [4.78, 5) is 11.3. The van der Waals surface area contributed by atoms with Gasteiger partial charge in [0.1, 0.15) is 6.07 Å². The van der Waals surface area contributed by atoms with Crippen molar-refractivity contribution in [2.75, 3.05) is 6.61 Å². The summed E-state index contributed by atoms with van der Waals surface area (Å²) < 4.78 is 42.4. The van der Waals surface area contributed by atoms with Gasteiger partial charge in [0.15, 0.2) is 0 Å². The highest BCUT2D eigenvalue weighted by molar-refractivity contribution is 14.1. The summed E-state index contributed by atoms with van der Waals surface area (Å²) >= 11 is 1.36. The second-order valence-electron chi connectivity index (χ2n) is 3.21. The van der Waals surface area contributed by atoms with Crippen LogP contribution in [0, 0.1) is 14.9 Å². The van der Waals surface area contributed by atoms with E-state index in [1.54, 1.807) is 35.6 Å². The van der Waals surface area contributed by atoms with E-state index in [0.717, 1.165) is 0 Å². The van der Waals surface area contributed by atoms with Gasteiger partial charge in [-0.25, -0.2) is 4.79 Å². The number of rotatable bonds is 3. The molecule has 0 spiro atoms. The Labute approximate surface area is 125 Å². The minimum Gasteiger partial charge on any atom is -0.462 e. The monoisotopic (exact) mass is 401 g/mol. The van der Waals surface area contributed by atoms with E-state index >= 15 is 0 Å². The quantitative estimate of drug-likeness (QED) is 0.437. The number of thioether (sulfide) groups is 1. The van der Waals surface area contributed by atoms with Crippen LogP contribution in [0.5, 0.6) is 0 Å². The van der Waals surface area contributed by atoms with Gasteiger partial charge in [0.25, 0.3) is 0 Å². The zero-order chi connectivity index (χ0) is 14.6. The van der Waals surface area contributed by atoms with Crippen LogP contribution < -0.4 is 0 Å². The SMILES string of the molecule is CCOC(=O)c1cc(I)cc(SC(F)(F)F)c1C#N. The second kappa shape index (κ2) is 6.47. The summed E-state index contributed by atoms with van der Waals surface area (Å²) in [6, 6.07) is 4.17. The molecule has 0 fully saturated rings. The van der Waals surface area contributed by atoms with Gasteiger partial charge < -0.3 is 4.74 Å². The topological polar surface area (TPSA) is 50.1 Å². The molecule has 0 N–H and O–H groups in total. The van der Waals surface area contributed by atoms with Crippen molar-refractivity contribution < 1.29 is 22.7 Å². The Hall–Kier alpha value is -0.950. The molecule has 0 saturated carbocycles. The van der Waals surface area contributed by atoms with Gasteiger partial charge in [0, 0.05) is 8.47 Å². The molecular formula is C11H7F3INO2S. The van der Waals surface area contributed by atoms with Crippen molar-refractivity contribution in [1.82, 2.24) is 0 Å². The van der Waals surface area contributed by atoms with Crippen molar-refractivity contribution in [2.24, 2.45) is 0 Å². The van der Waals surface area contributed by atoms with Crippen LogP contribution in [0.4, 0.5) is 13.2 Å². The Morgan fingerprint density at radius 3 is 2.63 bits per heavy atom. The lowest BCUT2D eigenvalue weighted by atomic mass is 10.1. The van der Waals surface area contributed by atoms with Crippen LogP contribution in [-0.4, -0.2) is 18.1 Å². The van der Waals surface area contributed by atoms with Gasteiger partial charge >= 0.3 is 11.5 Å². The standard InChI is InChI=1S/C11H7F3INO2S/c1-2-18-10(17)7-3-6(15)4-9(8(7)5-16)19-11(12,13)14/h3-4H,2H2,1H3. The van der Waals surface area contributed by atoms with E-state index in [1.807, 2.05) is 0 Å². The van der Waals surface area contributed by atoms with E-state index < -0.39 is 23.2 Å². The van der Waals surface area contributed by atoms with Gasteiger partial charge in [0.05, 0.1) is 17.7 Å². The molecular weight excluding hydrogens is 394 g/mol. The molecule has 0 radical (unpaired) electrons. The predicted octanol–water partition coefficient (Wildman–Crippen LogP) is 3.95. The smallest absolute Gasteiger partial charge is 0.446 e. The third-order valence-corrected chi connectivity index (χ3v) is 3.30. The van der Waals surface area contributed by atoms with Crippen LogP contribution in [0.15, 0.2) is 17.0 Å². The molecule has 1 aromatic rings. The number of nitrogens with zero attached hydrogens (tertiary/aromatic N) is 1. The van der Waals surface area contributed by atoms with E-state index in [2.05, 4.69) is 0 Å². The highest BCUT2D eigenvalue weighted by Gasteiger charge is 2.32. The fourth-order valence-corrected chi connectivity index (χ4v) is 2.80. The number of esters is 1. The van der Waals surface area contributed by atoms with Gasteiger partial charge in [-0.1, -0.05) is 0 Å². The molecule has 0 heterocycles. The fraction of sp³-hybridized carbons (Fsp3) is 0.273. The Balaban J connectivity index is 3.34. The predicted molar refractivity (Wildman–Crippen MR) is 71.7 cm³/mol. The molecule has 0 aliphatic rings.